The number of aromatic nitrogens is 1. The zero-order valence-electron chi connectivity index (χ0n) is 8.60. The van der Waals surface area contributed by atoms with Crippen LogP contribution in [0, 0.1) is 0 Å². The Bertz CT molecular complexity index is 441. The van der Waals surface area contributed by atoms with E-state index >= 15 is 0 Å². The molecule has 80 valence electrons. The molecule has 0 radical (unpaired) electrons. The van der Waals surface area contributed by atoms with Crippen LogP contribution in [0.15, 0.2) is 29.0 Å². The normalized spacial score (nSPS) is 13.2. The van der Waals surface area contributed by atoms with Gasteiger partial charge >= 0.3 is 0 Å². The molecule has 4 heteroatoms. The summed E-state index contributed by atoms with van der Waals surface area (Å²) in [6.07, 6.45) is 2.47. The average molecular weight is 222 g/mol. The monoisotopic (exact) mass is 222 g/mol. The SMILES string of the molecule is CNC(CCS)c1ccc2ncoc2c1. The number of rotatable bonds is 4. The fourth-order valence-corrected chi connectivity index (χ4v) is 1.95. The van der Waals surface area contributed by atoms with Gasteiger partial charge in [0.05, 0.1) is 0 Å². The Balaban J connectivity index is 2.33. The Kier molecular flexibility index (Phi) is 3.28. The number of benzene rings is 1. The second kappa shape index (κ2) is 4.68. The molecular formula is C11H14N2OS. The first-order valence-electron chi connectivity index (χ1n) is 4.96. The number of nitrogens with zero attached hydrogens (tertiary/aromatic N) is 1. The number of nitrogens with one attached hydrogen (secondary N) is 1. The van der Waals surface area contributed by atoms with Crippen molar-refractivity contribution in [1.82, 2.24) is 10.3 Å². The van der Waals surface area contributed by atoms with Gasteiger partial charge in [-0.1, -0.05) is 6.07 Å². The van der Waals surface area contributed by atoms with Crippen LogP contribution in [0.1, 0.15) is 18.0 Å². The first-order valence-corrected chi connectivity index (χ1v) is 5.59. The molecule has 0 amide bonds. The summed E-state index contributed by atoms with van der Waals surface area (Å²) in [7, 11) is 1.96. The maximum absolute atomic E-state index is 5.27. The van der Waals surface area contributed by atoms with E-state index in [1.807, 2.05) is 19.2 Å². The van der Waals surface area contributed by atoms with Crippen molar-refractivity contribution in [3.05, 3.63) is 30.2 Å². The molecule has 2 rings (SSSR count). The molecule has 1 heterocycles. The van der Waals surface area contributed by atoms with Crippen molar-refractivity contribution in [1.29, 1.82) is 0 Å². The van der Waals surface area contributed by atoms with Crippen LogP contribution < -0.4 is 5.32 Å². The predicted octanol–water partition coefficient (Wildman–Crippen LogP) is 2.41. The summed E-state index contributed by atoms with van der Waals surface area (Å²) in [5.74, 6) is 0.861. The average Bonchev–Trinajstić information content (AvgIpc) is 2.72. The van der Waals surface area contributed by atoms with Gasteiger partial charge in [0, 0.05) is 6.04 Å². The predicted molar refractivity (Wildman–Crippen MR) is 64.3 cm³/mol. The zero-order valence-corrected chi connectivity index (χ0v) is 9.50. The minimum absolute atomic E-state index is 0.331. The molecule has 1 N–H and O–H groups in total. The maximum Gasteiger partial charge on any atom is 0.181 e. The van der Waals surface area contributed by atoms with E-state index in [0.717, 1.165) is 23.3 Å². The van der Waals surface area contributed by atoms with Crippen LogP contribution in [0.2, 0.25) is 0 Å². The second-order valence-electron chi connectivity index (χ2n) is 3.43. The lowest BCUT2D eigenvalue weighted by molar-refractivity contribution is 0.576. The lowest BCUT2D eigenvalue weighted by Gasteiger charge is -2.14. The molecule has 1 atom stereocenters. The highest BCUT2D eigenvalue weighted by Crippen LogP contribution is 2.21. The van der Waals surface area contributed by atoms with Gasteiger partial charge in [-0.25, -0.2) is 4.98 Å². The standard InChI is InChI=1S/C11H14N2OS/c1-12-9(4-5-15)8-2-3-10-11(6-8)14-7-13-10/h2-3,6-7,9,12,15H,4-5H2,1H3. The summed E-state index contributed by atoms with van der Waals surface area (Å²) in [6, 6.07) is 6.43. The highest BCUT2D eigenvalue weighted by Gasteiger charge is 2.09. The summed E-state index contributed by atoms with van der Waals surface area (Å²) in [5.41, 5.74) is 2.96. The molecule has 0 aliphatic heterocycles. The van der Waals surface area contributed by atoms with Crippen molar-refractivity contribution in [2.75, 3.05) is 12.8 Å². The largest absolute Gasteiger partial charge is 0.443 e. The molecule has 0 aliphatic rings. The molecular weight excluding hydrogens is 208 g/mol. The second-order valence-corrected chi connectivity index (χ2v) is 3.88. The minimum atomic E-state index is 0.331. The number of hydrogen-bond donors (Lipinski definition) is 2. The van der Waals surface area contributed by atoms with Crippen molar-refractivity contribution >= 4 is 23.7 Å². The van der Waals surface area contributed by atoms with Crippen molar-refractivity contribution < 1.29 is 4.42 Å². The number of oxazole rings is 1. The third-order valence-corrected chi connectivity index (χ3v) is 2.78. The highest BCUT2D eigenvalue weighted by atomic mass is 32.1. The van der Waals surface area contributed by atoms with E-state index < -0.39 is 0 Å². The van der Waals surface area contributed by atoms with Gasteiger partial charge in [0.2, 0.25) is 0 Å². The van der Waals surface area contributed by atoms with E-state index in [1.165, 1.54) is 12.0 Å². The number of hydrogen-bond acceptors (Lipinski definition) is 4. The molecule has 0 fully saturated rings. The number of fused-ring (bicyclic) bond motifs is 1. The minimum Gasteiger partial charge on any atom is -0.443 e. The van der Waals surface area contributed by atoms with Gasteiger partial charge in [0.1, 0.15) is 5.52 Å². The van der Waals surface area contributed by atoms with Crippen LogP contribution in [0.5, 0.6) is 0 Å². The van der Waals surface area contributed by atoms with Crippen LogP contribution in [0.4, 0.5) is 0 Å². The first-order chi connectivity index (χ1) is 7.35. The summed E-state index contributed by atoms with van der Waals surface area (Å²) < 4.78 is 5.27. The fourth-order valence-electron chi connectivity index (χ4n) is 1.70. The van der Waals surface area contributed by atoms with Gasteiger partial charge in [0.25, 0.3) is 0 Å². The van der Waals surface area contributed by atoms with Crippen LogP contribution in [-0.4, -0.2) is 17.8 Å². The van der Waals surface area contributed by atoms with Gasteiger partial charge < -0.3 is 9.73 Å². The van der Waals surface area contributed by atoms with Gasteiger partial charge in [0.15, 0.2) is 12.0 Å². The van der Waals surface area contributed by atoms with Crippen molar-refractivity contribution in [2.24, 2.45) is 0 Å². The third-order valence-electron chi connectivity index (χ3n) is 2.52. The molecule has 0 saturated carbocycles. The van der Waals surface area contributed by atoms with Crippen LogP contribution in [0.25, 0.3) is 11.1 Å². The Labute approximate surface area is 94.3 Å². The van der Waals surface area contributed by atoms with Gasteiger partial charge in [-0.3, -0.25) is 0 Å². The lowest BCUT2D eigenvalue weighted by Crippen LogP contribution is -2.16. The zero-order chi connectivity index (χ0) is 10.7. The summed E-state index contributed by atoms with van der Waals surface area (Å²) in [6.45, 7) is 0. The third kappa shape index (κ3) is 2.16. The van der Waals surface area contributed by atoms with E-state index in [0.29, 0.717) is 6.04 Å². The van der Waals surface area contributed by atoms with E-state index in [4.69, 9.17) is 4.42 Å². The van der Waals surface area contributed by atoms with Crippen molar-refractivity contribution in [3.8, 4) is 0 Å². The molecule has 1 aromatic heterocycles. The van der Waals surface area contributed by atoms with Crippen LogP contribution >= 0.6 is 12.6 Å². The molecule has 1 aromatic carbocycles. The van der Waals surface area contributed by atoms with E-state index in [1.54, 1.807) is 0 Å². The molecule has 2 aromatic rings. The van der Waals surface area contributed by atoms with Crippen LogP contribution in [-0.2, 0) is 0 Å². The Morgan fingerprint density at radius 3 is 3.13 bits per heavy atom. The molecule has 0 bridgehead atoms. The first kappa shape index (κ1) is 10.5. The van der Waals surface area contributed by atoms with Crippen molar-refractivity contribution in [3.63, 3.8) is 0 Å². The molecule has 0 saturated heterocycles. The van der Waals surface area contributed by atoms with E-state index in [9.17, 15) is 0 Å². The Hall–Kier alpha value is -1.00. The topological polar surface area (TPSA) is 38.1 Å². The van der Waals surface area contributed by atoms with E-state index in [-0.39, 0.29) is 0 Å². The van der Waals surface area contributed by atoms with Crippen molar-refractivity contribution in [2.45, 2.75) is 12.5 Å². The van der Waals surface area contributed by atoms with Gasteiger partial charge in [-0.05, 0) is 36.9 Å². The molecule has 0 aliphatic carbocycles. The Morgan fingerprint density at radius 1 is 1.53 bits per heavy atom. The van der Waals surface area contributed by atoms with Crippen LogP contribution in [0.3, 0.4) is 0 Å². The smallest absolute Gasteiger partial charge is 0.181 e. The summed E-state index contributed by atoms with van der Waals surface area (Å²) >= 11 is 4.25. The fraction of sp³-hybridized carbons (Fsp3) is 0.364. The molecule has 3 nitrogen and oxygen atoms in total. The molecule has 1 unspecified atom stereocenters. The lowest BCUT2D eigenvalue weighted by atomic mass is 10.0. The van der Waals surface area contributed by atoms with Gasteiger partial charge in [-0.15, -0.1) is 0 Å². The molecule has 15 heavy (non-hydrogen) atoms. The Morgan fingerprint density at radius 2 is 2.40 bits per heavy atom. The van der Waals surface area contributed by atoms with E-state index in [2.05, 4.69) is 29.0 Å². The maximum atomic E-state index is 5.27. The highest BCUT2D eigenvalue weighted by molar-refractivity contribution is 7.80. The summed E-state index contributed by atoms with van der Waals surface area (Å²) in [5, 5.41) is 3.27. The summed E-state index contributed by atoms with van der Waals surface area (Å²) in [4.78, 5) is 4.09. The quantitative estimate of drug-likeness (QED) is 0.780. The molecule has 0 spiro atoms. The van der Waals surface area contributed by atoms with Gasteiger partial charge in [-0.2, -0.15) is 12.6 Å². The number of thiol groups is 1.